The molecule has 2 unspecified atom stereocenters. The molecule has 0 spiro atoms. The fourth-order valence-corrected chi connectivity index (χ4v) is 4.77. The third-order valence-corrected chi connectivity index (χ3v) is 6.40. The quantitative estimate of drug-likeness (QED) is 0.427. The standard InChI is InChI=1S/C20H21Cl2N5O3S/c1-29-15-7-11(13(21)8-16(15)30-2)6-12-9-27(20(23-12)31(3)28)10-18-24-14-4-5-17(22)25-19(14)26-18/h4-5,7-8,12H,6,9-10H2,1-3H3,(H,24,25,26). The summed E-state index contributed by atoms with van der Waals surface area (Å²) in [6, 6.07) is 6.99. The minimum absolute atomic E-state index is 0.105. The number of aromatic amines is 1. The fraction of sp³-hybridized carbons (Fsp3) is 0.350. The monoisotopic (exact) mass is 481 g/mol. The molecule has 0 fully saturated rings. The smallest absolute Gasteiger partial charge is 0.315 e. The number of H-pyrrole nitrogens is 1. The summed E-state index contributed by atoms with van der Waals surface area (Å²) in [5.41, 5.74) is 2.23. The van der Waals surface area contributed by atoms with E-state index in [1.165, 1.54) is 0 Å². The van der Waals surface area contributed by atoms with E-state index in [9.17, 15) is 4.55 Å². The van der Waals surface area contributed by atoms with E-state index in [4.69, 9.17) is 37.7 Å². The zero-order valence-electron chi connectivity index (χ0n) is 17.2. The number of rotatable bonds is 6. The zero-order valence-corrected chi connectivity index (χ0v) is 19.5. The van der Waals surface area contributed by atoms with Crippen LogP contribution in [0.4, 0.5) is 0 Å². The third-order valence-electron chi connectivity index (χ3n) is 4.96. The van der Waals surface area contributed by atoms with Crippen LogP contribution in [0, 0.1) is 0 Å². The van der Waals surface area contributed by atoms with Crippen molar-refractivity contribution in [3.05, 3.63) is 45.8 Å². The molecule has 31 heavy (non-hydrogen) atoms. The van der Waals surface area contributed by atoms with Gasteiger partial charge in [-0.3, -0.25) is 0 Å². The van der Waals surface area contributed by atoms with E-state index >= 15 is 0 Å². The number of hydrogen-bond acceptors (Lipinski definition) is 7. The minimum atomic E-state index is -1.24. The maximum atomic E-state index is 12.3. The van der Waals surface area contributed by atoms with Gasteiger partial charge in [0.2, 0.25) is 0 Å². The molecule has 164 valence electrons. The van der Waals surface area contributed by atoms with Gasteiger partial charge in [-0.25, -0.2) is 15.0 Å². The highest BCUT2D eigenvalue weighted by molar-refractivity contribution is 8.05. The van der Waals surface area contributed by atoms with Crippen LogP contribution in [0.1, 0.15) is 11.4 Å². The molecule has 3 aromatic rings. The number of ether oxygens (including phenoxy) is 2. The van der Waals surface area contributed by atoms with E-state index < -0.39 is 11.2 Å². The summed E-state index contributed by atoms with van der Waals surface area (Å²) in [6.07, 6.45) is 2.20. The number of aliphatic imine (C=N–C) groups is 1. The summed E-state index contributed by atoms with van der Waals surface area (Å²) in [4.78, 5) is 18.6. The fourth-order valence-electron chi connectivity index (χ4n) is 3.59. The Balaban J connectivity index is 1.54. The summed E-state index contributed by atoms with van der Waals surface area (Å²) in [7, 11) is 3.15. The first-order valence-corrected chi connectivity index (χ1v) is 11.8. The maximum absolute atomic E-state index is 12.3. The summed E-state index contributed by atoms with van der Waals surface area (Å²) in [5.74, 6) is 1.88. The average Bonchev–Trinajstić information content (AvgIpc) is 3.32. The van der Waals surface area contributed by atoms with E-state index in [0.717, 1.165) is 11.1 Å². The van der Waals surface area contributed by atoms with Crippen molar-refractivity contribution in [3.8, 4) is 11.5 Å². The van der Waals surface area contributed by atoms with E-state index in [1.807, 2.05) is 17.0 Å². The molecule has 0 saturated carbocycles. The first-order chi connectivity index (χ1) is 14.9. The normalized spacial score (nSPS) is 17.2. The molecule has 0 bridgehead atoms. The van der Waals surface area contributed by atoms with Gasteiger partial charge in [-0.15, -0.1) is 0 Å². The summed E-state index contributed by atoms with van der Waals surface area (Å²) in [5, 5.41) is 1.51. The average molecular weight is 482 g/mol. The van der Waals surface area contributed by atoms with Crippen LogP contribution in [-0.2, 0) is 24.1 Å². The van der Waals surface area contributed by atoms with Gasteiger partial charge in [-0.1, -0.05) is 23.2 Å². The van der Waals surface area contributed by atoms with Gasteiger partial charge in [0.1, 0.15) is 22.7 Å². The van der Waals surface area contributed by atoms with Gasteiger partial charge in [-0.2, -0.15) is 0 Å². The van der Waals surface area contributed by atoms with Crippen molar-refractivity contribution in [3.63, 3.8) is 0 Å². The van der Waals surface area contributed by atoms with Gasteiger partial charge in [0.05, 0.1) is 26.8 Å². The van der Waals surface area contributed by atoms with Crippen LogP contribution in [0.25, 0.3) is 11.2 Å². The Hall–Kier alpha value is -2.20. The number of aromatic nitrogens is 3. The second-order valence-corrected chi connectivity index (χ2v) is 9.16. The highest BCUT2D eigenvalue weighted by Crippen LogP contribution is 2.34. The lowest BCUT2D eigenvalue weighted by molar-refractivity contribution is 0.354. The molecular weight excluding hydrogens is 461 g/mol. The van der Waals surface area contributed by atoms with E-state index in [1.54, 1.807) is 32.6 Å². The third kappa shape index (κ3) is 4.69. The molecule has 0 amide bonds. The molecule has 1 aliphatic rings. The van der Waals surface area contributed by atoms with Gasteiger partial charge in [-0.05, 0) is 30.2 Å². The Morgan fingerprint density at radius 1 is 1.19 bits per heavy atom. The Morgan fingerprint density at radius 2 is 1.94 bits per heavy atom. The van der Waals surface area contributed by atoms with Crippen LogP contribution in [-0.4, -0.2) is 62.6 Å². The number of imidazole rings is 1. The molecule has 1 aromatic carbocycles. The lowest BCUT2D eigenvalue weighted by atomic mass is 10.1. The second kappa shape index (κ2) is 9.12. The second-order valence-electron chi connectivity index (χ2n) is 7.09. The Bertz CT molecular complexity index is 1140. The minimum Gasteiger partial charge on any atom is -0.609 e. The molecule has 4 rings (SSSR count). The molecule has 11 heteroatoms. The van der Waals surface area contributed by atoms with Crippen molar-refractivity contribution in [1.82, 2.24) is 19.9 Å². The Kier molecular flexibility index (Phi) is 6.47. The van der Waals surface area contributed by atoms with Crippen LogP contribution >= 0.6 is 23.2 Å². The van der Waals surface area contributed by atoms with Crippen molar-refractivity contribution in [2.75, 3.05) is 27.0 Å². The molecule has 2 aromatic heterocycles. The van der Waals surface area contributed by atoms with Crippen LogP contribution in [0.5, 0.6) is 11.5 Å². The van der Waals surface area contributed by atoms with Gasteiger partial charge < -0.3 is 23.9 Å². The summed E-state index contributed by atoms with van der Waals surface area (Å²) < 4.78 is 23.0. The number of pyridine rings is 1. The SMILES string of the molecule is COc1cc(Cl)c(CC2CN(Cc3nc4ccc(Cl)nc4[nH]3)C([S+](C)[O-])=N2)cc1OC. The Morgan fingerprint density at radius 3 is 2.65 bits per heavy atom. The number of fused-ring (bicyclic) bond motifs is 1. The molecule has 0 aliphatic carbocycles. The molecule has 1 aliphatic heterocycles. The van der Waals surface area contributed by atoms with Crippen molar-refractivity contribution < 1.29 is 14.0 Å². The lowest BCUT2D eigenvalue weighted by Gasteiger charge is -2.19. The Labute approximate surface area is 192 Å². The van der Waals surface area contributed by atoms with Gasteiger partial charge in [0.15, 0.2) is 17.1 Å². The van der Waals surface area contributed by atoms with E-state index in [0.29, 0.717) is 57.8 Å². The molecule has 3 heterocycles. The molecule has 8 nitrogen and oxygen atoms in total. The predicted molar refractivity (Wildman–Crippen MR) is 123 cm³/mol. The number of halogens is 2. The topological polar surface area (TPSA) is 98.7 Å². The van der Waals surface area contributed by atoms with Crippen molar-refractivity contribution in [2.24, 2.45) is 4.99 Å². The number of nitrogens with one attached hydrogen (secondary N) is 1. The first-order valence-electron chi connectivity index (χ1n) is 9.45. The first kappa shape index (κ1) is 22.0. The van der Waals surface area contributed by atoms with Crippen LogP contribution in [0.3, 0.4) is 0 Å². The summed E-state index contributed by atoms with van der Waals surface area (Å²) in [6.45, 7) is 1.02. The number of hydrogen-bond donors (Lipinski definition) is 1. The zero-order chi connectivity index (χ0) is 22.1. The number of benzene rings is 1. The van der Waals surface area contributed by atoms with E-state index in [-0.39, 0.29) is 6.04 Å². The van der Waals surface area contributed by atoms with Gasteiger partial charge in [0, 0.05) is 28.8 Å². The highest BCUT2D eigenvalue weighted by atomic mass is 35.5. The van der Waals surface area contributed by atoms with E-state index in [2.05, 4.69) is 15.0 Å². The molecule has 0 saturated heterocycles. The lowest BCUT2D eigenvalue weighted by Crippen LogP contribution is -2.34. The van der Waals surface area contributed by atoms with Crippen LogP contribution in [0.2, 0.25) is 10.2 Å². The largest absolute Gasteiger partial charge is 0.609 e. The highest BCUT2D eigenvalue weighted by Gasteiger charge is 2.33. The predicted octanol–water partition coefficient (Wildman–Crippen LogP) is 3.44. The van der Waals surface area contributed by atoms with Crippen molar-refractivity contribution >= 4 is 50.7 Å². The van der Waals surface area contributed by atoms with Crippen LogP contribution < -0.4 is 9.47 Å². The number of amidine groups is 1. The van der Waals surface area contributed by atoms with Gasteiger partial charge >= 0.3 is 5.17 Å². The van der Waals surface area contributed by atoms with Gasteiger partial charge in [0.25, 0.3) is 0 Å². The maximum Gasteiger partial charge on any atom is 0.315 e. The molecule has 1 N–H and O–H groups in total. The number of methoxy groups -OCH3 is 2. The number of nitrogens with zero attached hydrogens (tertiary/aromatic N) is 4. The molecule has 2 atom stereocenters. The molecular formula is C20H21Cl2N5O3S. The van der Waals surface area contributed by atoms with Crippen molar-refractivity contribution in [2.45, 2.75) is 19.0 Å². The van der Waals surface area contributed by atoms with Crippen LogP contribution in [0.15, 0.2) is 29.3 Å². The van der Waals surface area contributed by atoms with Crippen molar-refractivity contribution in [1.29, 1.82) is 0 Å². The molecule has 0 radical (unpaired) electrons. The summed E-state index contributed by atoms with van der Waals surface area (Å²) >= 11 is 11.2.